The molecule has 1 N–H and O–H groups in total. The molecule has 1 aliphatic heterocycles. The molecular formula is C13H17NO3. The molecule has 0 spiro atoms. The number of furan rings is 1. The maximum Gasteiger partial charge on any atom is 0.246 e. The average Bonchev–Trinajstić information content (AvgIpc) is 2.67. The number of nitrogens with zero attached hydrogens (tertiary/aromatic N) is 1. The summed E-state index contributed by atoms with van der Waals surface area (Å²) in [5.41, 5.74) is -0.676. The van der Waals surface area contributed by atoms with E-state index in [0.717, 1.165) is 5.76 Å². The Kier molecular flexibility index (Phi) is 3.07. The van der Waals surface area contributed by atoms with Crippen LogP contribution < -0.4 is 0 Å². The molecule has 1 aliphatic rings. The number of carbonyl (C=O) groups excluding carboxylic acids is 1. The third-order valence-corrected chi connectivity index (χ3v) is 3.09. The molecule has 1 fully saturated rings. The van der Waals surface area contributed by atoms with Crippen LogP contribution in [0.15, 0.2) is 22.6 Å². The van der Waals surface area contributed by atoms with Crippen LogP contribution in [-0.4, -0.2) is 34.6 Å². The van der Waals surface area contributed by atoms with Crippen LogP contribution in [0.1, 0.15) is 24.9 Å². The highest BCUT2D eigenvalue weighted by atomic mass is 16.3. The molecule has 0 aliphatic carbocycles. The van der Waals surface area contributed by atoms with Crippen molar-refractivity contribution >= 4 is 12.0 Å². The number of hydrogen-bond acceptors (Lipinski definition) is 3. The fourth-order valence-corrected chi connectivity index (χ4v) is 1.85. The first-order chi connectivity index (χ1) is 8.02. The SMILES string of the molecule is CCC1(O)CN(C(=O)C=Cc2ccc(C)o2)C1. The predicted molar refractivity (Wildman–Crippen MR) is 64.3 cm³/mol. The topological polar surface area (TPSA) is 53.7 Å². The number of β-amino-alcohol motifs (C(OH)–C–C–N with tert-alkyl or cyclic N) is 1. The second kappa shape index (κ2) is 4.37. The quantitative estimate of drug-likeness (QED) is 0.809. The molecule has 0 atom stereocenters. The maximum atomic E-state index is 11.7. The van der Waals surface area contributed by atoms with Crippen LogP contribution >= 0.6 is 0 Å². The Balaban J connectivity index is 1.89. The van der Waals surface area contributed by atoms with Gasteiger partial charge in [-0.15, -0.1) is 0 Å². The van der Waals surface area contributed by atoms with Gasteiger partial charge in [-0.3, -0.25) is 4.79 Å². The summed E-state index contributed by atoms with van der Waals surface area (Å²) in [6.45, 7) is 4.62. The standard InChI is InChI=1S/C13H17NO3/c1-3-13(16)8-14(9-13)12(15)7-6-11-5-4-10(2)17-11/h4-7,16H,3,8-9H2,1-2H3. The Morgan fingerprint density at radius 3 is 2.82 bits per heavy atom. The molecule has 1 saturated heterocycles. The summed E-state index contributed by atoms with van der Waals surface area (Å²) in [5, 5.41) is 9.79. The van der Waals surface area contributed by atoms with E-state index in [0.29, 0.717) is 25.3 Å². The van der Waals surface area contributed by atoms with E-state index in [2.05, 4.69) is 0 Å². The Morgan fingerprint density at radius 1 is 1.59 bits per heavy atom. The first-order valence-electron chi connectivity index (χ1n) is 5.78. The van der Waals surface area contributed by atoms with Crippen molar-refractivity contribution in [3.8, 4) is 0 Å². The fraction of sp³-hybridized carbons (Fsp3) is 0.462. The highest BCUT2D eigenvalue weighted by molar-refractivity contribution is 5.92. The number of aryl methyl sites for hydroxylation is 1. The second-order valence-electron chi connectivity index (χ2n) is 4.55. The molecule has 4 heteroatoms. The number of likely N-dealkylation sites (tertiary alicyclic amines) is 1. The van der Waals surface area contributed by atoms with Crippen molar-refractivity contribution in [2.75, 3.05) is 13.1 Å². The lowest BCUT2D eigenvalue weighted by atomic mass is 9.91. The lowest BCUT2D eigenvalue weighted by Crippen LogP contribution is -2.62. The van der Waals surface area contributed by atoms with E-state index in [1.165, 1.54) is 6.08 Å². The molecule has 0 unspecified atom stereocenters. The van der Waals surface area contributed by atoms with E-state index >= 15 is 0 Å². The minimum atomic E-state index is -0.676. The highest BCUT2D eigenvalue weighted by Gasteiger charge is 2.41. The second-order valence-corrected chi connectivity index (χ2v) is 4.55. The average molecular weight is 235 g/mol. The van der Waals surface area contributed by atoms with Crippen LogP contribution in [0.3, 0.4) is 0 Å². The number of carbonyl (C=O) groups is 1. The van der Waals surface area contributed by atoms with Gasteiger partial charge in [-0.2, -0.15) is 0 Å². The molecule has 17 heavy (non-hydrogen) atoms. The molecule has 1 aromatic rings. The van der Waals surface area contributed by atoms with E-state index in [4.69, 9.17) is 4.42 Å². The highest BCUT2D eigenvalue weighted by Crippen LogP contribution is 2.24. The summed E-state index contributed by atoms with van der Waals surface area (Å²) in [4.78, 5) is 13.3. The molecule has 1 amide bonds. The van der Waals surface area contributed by atoms with Gasteiger partial charge in [-0.25, -0.2) is 0 Å². The first-order valence-corrected chi connectivity index (χ1v) is 5.78. The molecule has 0 aromatic carbocycles. The van der Waals surface area contributed by atoms with Crippen molar-refractivity contribution < 1.29 is 14.3 Å². The fourth-order valence-electron chi connectivity index (χ4n) is 1.85. The molecule has 2 heterocycles. The van der Waals surface area contributed by atoms with Crippen molar-refractivity contribution in [3.63, 3.8) is 0 Å². The van der Waals surface area contributed by atoms with Gasteiger partial charge in [-0.05, 0) is 31.6 Å². The van der Waals surface area contributed by atoms with Gasteiger partial charge in [0.1, 0.15) is 11.5 Å². The maximum absolute atomic E-state index is 11.7. The summed E-state index contributed by atoms with van der Waals surface area (Å²) in [7, 11) is 0. The van der Waals surface area contributed by atoms with Crippen molar-refractivity contribution in [2.24, 2.45) is 0 Å². The van der Waals surface area contributed by atoms with Gasteiger partial charge in [0, 0.05) is 6.08 Å². The van der Waals surface area contributed by atoms with Crippen molar-refractivity contribution in [2.45, 2.75) is 25.9 Å². The van der Waals surface area contributed by atoms with Crippen LogP contribution in [0, 0.1) is 6.92 Å². The minimum absolute atomic E-state index is 0.0859. The van der Waals surface area contributed by atoms with E-state index in [1.807, 2.05) is 26.0 Å². The lowest BCUT2D eigenvalue weighted by molar-refractivity contribution is -0.150. The third kappa shape index (κ3) is 2.58. The molecule has 92 valence electrons. The summed E-state index contributed by atoms with van der Waals surface area (Å²) >= 11 is 0. The Morgan fingerprint density at radius 2 is 2.29 bits per heavy atom. The van der Waals surface area contributed by atoms with Crippen LogP contribution in [0.4, 0.5) is 0 Å². The minimum Gasteiger partial charge on any atom is -0.462 e. The van der Waals surface area contributed by atoms with Crippen molar-refractivity contribution in [1.82, 2.24) is 4.90 Å². The summed E-state index contributed by atoms with van der Waals surface area (Å²) in [5.74, 6) is 1.40. The normalized spacial score (nSPS) is 18.4. The summed E-state index contributed by atoms with van der Waals surface area (Å²) in [6, 6.07) is 3.67. The molecule has 1 aromatic heterocycles. The van der Waals surface area contributed by atoms with E-state index in [9.17, 15) is 9.90 Å². The summed E-state index contributed by atoms with van der Waals surface area (Å²) < 4.78 is 5.32. The van der Waals surface area contributed by atoms with Crippen LogP contribution in [-0.2, 0) is 4.79 Å². The van der Waals surface area contributed by atoms with Gasteiger partial charge in [-0.1, -0.05) is 6.92 Å². The molecule has 0 saturated carbocycles. The molecule has 0 bridgehead atoms. The Hall–Kier alpha value is -1.55. The zero-order valence-electron chi connectivity index (χ0n) is 10.1. The molecule has 0 radical (unpaired) electrons. The van der Waals surface area contributed by atoms with Gasteiger partial charge >= 0.3 is 0 Å². The van der Waals surface area contributed by atoms with Crippen LogP contribution in [0.25, 0.3) is 6.08 Å². The first kappa shape index (κ1) is 11.9. The molecule has 2 rings (SSSR count). The predicted octanol–water partition coefficient (Wildman–Crippen LogP) is 1.58. The monoisotopic (exact) mass is 235 g/mol. The van der Waals surface area contributed by atoms with Gasteiger partial charge in [0.05, 0.1) is 18.7 Å². The van der Waals surface area contributed by atoms with E-state index < -0.39 is 5.60 Å². The third-order valence-electron chi connectivity index (χ3n) is 3.09. The van der Waals surface area contributed by atoms with Crippen LogP contribution in [0.5, 0.6) is 0 Å². The Labute approximate surface area is 101 Å². The molecular weight excluding hydrogens is 218 g/mol. The number of rotatable bonds is 3. The lowest BCUT2D eigenvalue weighted by Gasteiger charge is -2.45. The molecule has 4 nitrogen and oxygen atoms in total. The zero-order valence-corrected chi connectivity index (χ0v) is 10.1. The van der Waals surface area contributed by atoms with Crippen LogP contribution in [0.2, 0.25) is 0 Å². The number of hydrogen-bond donors (Lipinski definition) is 1. The summed E-state index contributed by atoms with van der Waals surface area (Å²) in [6.07, 6.45) is 3.81. The zero-order chi connectivity index (χ0) is 12.5. The number of amides is 1. The Bertz CT molecular complexity index is 441. The number of aliphatic hydroxyl groups is 1. The van der Waals surface area contributed by atoms with E-state index in [-0.39, 0.29) is 5.91 Å². The van der Waals surface area contributed by atoms with E-state index in [1.54, 1.807) is 11.0 Å². The van der Waals surface area contributed by atoms with Gasteiger partial charge in [0.2, 0.25) is 5.91 Å². The van der Waals surface area contributed by atoms with Crippen molar-refractivity contribution in [3.05, 3.63) is 29.7 Å². The van der Waals surface area contributed by atoms with Gasteiger partial charge in [0.15, 0.2) is 0 Å². The van der Waals surface area contributed by atoms with Crippen molar-refractivity contribution in [1.29, 1.82) is 0 Å². The largest absolute Gasteiger partial charge is 0.462 e. The smallest absolute Gasteiger partial charge is 0.246 e. The van der Waals surface area contributed by atoms with Gasteiger partial charge < -0.3 is 14.4 Å². The van der Waals surface area contributed by atoms with Gasteiger partial charge in [0.25, 0.3) is 0 Å².